The van der Waals surface area contributed by atoms with Gasteiger partial charge in [0.15, 0.2) is 0 Å². The van der Waals surface area contributed by atoms with Gasteiger partial charge in [-0.25, -0.2) is 0 Å². The zero-order valence-electron chi connectivity index (χ0n) is 11.4. The number of rotatable bonds is 5. The van der Waals surface area contributed by atoms with Crippen LogP contribution in [0.2, 0.25) is 5.09 Å². The predicted molar refractivity (Wildman–Crippen MR) is 75.7 cm³/mol. The average Bonchev–Trinajstić information content (AvgIpc) is 2.40. The molecule has 0 unspecified atom stereocenters. The van der Waals surface area contributed by atoms with E-state index in [1.165, 1.54) is 44.0 Å². The van der Waals surface area contributed by atoms with E-state index in [2.05, 4.69) is 42.2 Å². The second-order valence-corrected chi connectivity index (χ2v) is 5.79. The van der Waals surface area contributed by atoms with Crippen molar-refractivity contribution in [3.05, 3.63) is 35.9 Å². The van der Waals surface area contributed by atoms with Gasteiger partial charge in [0.1, 0.15) is 0 Å². The van der Waals surface area contributed by atoms with Gasteiger partial charge in [0, 0.05) is 0 Å². The first-order valence-electron chi connectivity index (χ1n) is 7.55. The fourth-order valence-corrected chi connectivity index (χ4v) is 3.27. The van der Waals surface area contributed by atoms with Crippen LogP contribution < -0.4 is 0 Å². The molecule has 0 bridgehead atoms. The van der Waals surface area contributed by atoms with Crippen molar-refractivity contribution in [2.75, 3.05) is 19.6 Å². The van der Waals surface area contributed by atoms with Crippen LogP contribution in [-0.4, -0.2) is 41.1 Å². The zero-order chi connectivity index (χ0) is 11.9. The Bertz CT molecular complexity index is 306. The standard InChI is InChI=1S/C13H18N.C2H5.Li/c1-3-7-13(8-4-1)9-12-14-10-5-2-6-11-14;1-2;/h1,3-4,7-9H,2,5-6,10-12H2;1H2,2H3;. The maximum absolute atomic E-state index is 2.69. The van der Waals surface area contributed by atoms with E-state index in [1.807, 2.05) is 0 Å². The predicted octanol–water partition coefficient (Wildman–Crippen LogP) is 3.36. The van der Waals surface area contributed by atoms with Crippen molar-refractivity contribution in [1.29, 1.82) is 0 Å². The van der Waals surface area contributed by atoms with Crippen molar-refractivity contribution in [2.24, 2.45) is 0 Å². The summed E-state index contributed by atoms with van der Waals surface area (Å²) in [5, 5.41) is 1.41. The van der Waals surface area contributed by atoms with Crippen molar-refractivity contribution < 1.29 is 0 Å². The van der Waals surface area contributed by atoms with Gasteiger partial charge in [-0.2, -0.15) is 0 Å². The molecule has 1 aliphatic heterocycles. The Labute approximate surface area is 113 Å². The molecular formula is C15H23LiN. The van der Waals surface area contributed by atoms with Gasteiger partial charge in [0.25, 0.3) is 0 Å². The first-order chi connectivity index (χ1) is 8.40. The molecule has 5 radical (unpaired) electrons. The van der Waals surface area contributed by atoms with Crippen LogP contribution in [0, 0.1) is 0 Å². The van der Waals surface area contributed by atoms with E-state index in [1.54, 1.807) is 5.56 Å². The molecule has 0 amide bonds. The van der Waals surface area contributed by atoms with E-state index in [-0.39, 0.29) is 16.6 Å². The minimum atomic E-state index is 0.178. The Kier molecular flexibility index (Phi) is 5.65. The molecule has 1 aromatic carbocycles. The zero-order valence-corrected chi connectivity index (χ0v) is 11.4. The van der Waals surface area contributed by atoms with Gasteiger partial charge >= 0.3 is 113 Å². The summed E-state index contributed by atoms with van der Waals surface area (Å²) in [5.41, 5.74) is 1.58. The van der Waals surface area contributed by atoms with E-state index >= 15 is 0 Å². The van der Waals surface area contributed by atoms with Gasteiger partial charge in [-0.15, -0.1) is 0 Å². The Balaban J connectivity index is 1.96. The number of nitrogens with zero attached hydrogens (tertiary/aromatic N) is 1. The number of likely N-dealkylation sites (tertiary alicyclic amines) is 1. The van der Waals surface area contributed by atoms with Crippen molar-refractivity contribution in [1.82, 2.24) is 4.90 Å². The summed E-state index contributed by atoms with van der Waals surface area (Å²) in [6.45, 7) is 6.34. The van der Waals surface area contributed by atoms with Crippen LogP contribution in [-0.2, 0) is 0 Å². The Morgan fingerprint density at radius 2 is 1.82 bits per heavy atom. The maximum atomic E-state index is 2.69. The van der Waals surface area contributed by atoms with Crippen LogP contribution in [0.4, 0.5) is 0 Å². The third-order valence-electron chi connectivity index (χ3n) is 4.25. The summed E-state index contributed by atoms with van der Waals surface area (Å²) < 4.78 is 0.860. The van der Waals surface area contributed by atoms with Crippen molar-refractivity contribution in [3.8, 4) is 0 Å². The topological polar surface area (TPSA) is 3.24 Å². The number of hydrogen-bond donors (Lipinski definition) is 0. The van der Waals surface area contributed by atoms with Gasteiger partial charge in [0.05, 0.1) is 0 Å². The Morgan fingerprint density at radius 3 is 2.47 bits per heavy atom. The second-order valence-electron chi connectivity index (χ2n) is 5.79. The Hall–Kier alpha value is -0.223. The van der Waals surface area contributed by atoms with Crippen molar-refractivity contribution >= 4 is 16.6 Å². The van der Waals surface area contributed by atoms with Crippen LogP contribution in [0.15, 0.2) is 30.3 Å². The number of benzene rings is 1. The first kappa shape index (κ1) is 13.2. The van der Waals surface area contributed by atoms with E-state index in [0.29, 0.717) is 0 Å². The molecule has 2 rings (SSSR count). The first-order valence-corrected chi connectivity index (χ1v) is 7.55. The van der Waals surface area contributed by atoms with Crippen LogP contribution >= 0.6 is 0 Å². The van der Waals surface area contributed by atoms with Crippen LogP contribution in [0.3, 0.4) is 0 Å². The fraction of sp³-hybridized carbons (Fsp3) is 0.600. The fourth-order valence-electron chi connectivity index (χ4n) is 3.27. The molecule has 0 aromatic heterocycles. The summed E-state index contributed by atoms with van der Waals surface area (Å²) in [6, 6.07) is 11.2. The summed E-state index contributed by atoms with van der Waals surface area (Å²) in [4.78, 5) is 2.69. The molecule has 0 spiro atoms. The molecule has 0 N–H and O–H groups in total. The summed E-state index contributed by atoms with van der Waals surface area (Å²) in [6.07, 6.45) is 4.26. The van der Waals surface area contributed by atoms with Gasteiger partial charge in [-0.3, -0.25) is 0 Å². The molecule has 1 atom stereocenters. The summed E-state index contributed by atoms with van der Waals surface area (Å²) in [5.74, 6) is 0. The normalized spacial score (nSPS) is 19.1. The summed E-state index contributed by atoms with van der Waals surface area (Å²) >= 11 is 0.178. The number of piperidine rings is 1. The summed E-state index contributed by atoms with van der Waals surface area (Å²) in [7, 11) is 0. The van der Waals surface area contributed by atoms with Gasteiger partial charge in [-0.05, 0) is 0 Å². The average molecular weight is 224 g/mol. The molecule has 0 saturated carbocycles. The molecule has 1 aromatic rings. The van der Waals surface area contributed by atoms with Crippen molar-refractivity contribution in [2.45, 2.75) is 35.9 Å². The van der Waals surface area contributed by atoms with Crippen LogP contribution in [0.1, 0.15) is 36.3 Å². The molecule has 1 heterocycles. The second kappa shape index (κ2) is 7.26. The molecule has 17 heavy (non-hydrogen) atoms. The quantitative estimate of drug-likeness (QED) is 0.693. The van der Waals surface area contributed by atoms with Gasteiger partial charge in [-0.1, -0.05) is 0 Å². The van der Waals surface area contributed by atoms with E-state index in [0.717, 1.165) is 4.59 Å². The molecule has 1 nitrogen and oxygen atoms in total. The van der Waals surface area contributed by atoms with Crippen LogP contribution in [0.25, 0.3) is 0 Å². The van der Waals surface area contributed by atoms with E-state index in [9.17, 15) is 0 Å². The molecule has 1 fully saturated rings. The van der Waals surface area contributed by atoms with E-state index < -0.39 is 0 Å². The minimum absolute atomic E-state index is 0.178. The molecule has 0 aliphatic carbocycles. The molecule has 89 valence electrons. The Morgan fingerprint density at radius 1 is 1.12 bits per heavy atom. The SMILES string of the molecule is C[CH2][Li][C@H](CN1CCCCC1)c1ccccc1. The van der Waals surface area contributed by atoms with E-state index in [4.69, 9.17) is 0 Å². The molecular weight excluding hydrogens is 201 g/mol. The van der Waals surface area contributed by atoms with Gasteiger partial charge < -0.3 is 0 Å². The molecule has 1 aliphatic rings. The monoisotopic (exact) mass is 224 g/mol. The van der Waals surface area contributed by atoms with Crippen molar-refractivity contribution in [3.63, 3.8) is 0 Å². The molecule has 1 saturated heterocycles. The van der Waals surface area contributed by atoms with Crippen LogP contribution in [0.5, 0.6) is 0 Å². The molecule has 2 heteroatoms. The number of hydrogen-bond acceptors (Lipinski definition) is 1. The third kappa shape index (κ3) is 4.18. The third-order valence-corrected chi connectivity index (χ3v) is 4.25. The van der Waals surface area contributed by atoms with Gasteiger partial charge in [0.2, 0.25) is 0 Å².